The zero-order valence-corrected chi connectivity index (χ0v) is 29.8. The highest BCUT2D eigenvalue weighted by atomic mass is 28.4. The standard InChI is InChI=1S/C35H44F3N5O4Si/c1-20-18-42(19-27-31(20)47-48(8,35(5,6)7)43(27)33(44)46-34(2,3)4)30-22-14-15-45-32(22)40-17-26(30)39-16-21-12-13-25(38)29(41-21)28-23(36)10-9-11-24(28)37/h9-13,17,20,27,31,39H,14-16,18-19H2,1-8H3/t20-,27+,31+,48?/m0/s1. The molecule has 3 aliphatic rings. The normalized spacial score (nSPS) is 23.9. The summed E-state index contributed by atoms with van der Waals surface area (Å²) < 4.78 is 64.6. The van der Waals surface area contributed by atoms with Crippen molar-refractivity contribution in [2.75, 3.05) is 29.9 Å². The maximum atomic E-state index is 14.8. The first-order chi connectivity index (χ1) is 22.5. The molecule has 0 spiro atoms. The van der Waals surface area contributed by atoms with Gasteiger partial charge in [-0.1, -0.05) is 33.8 Å². The number of benzene rings is 1. The van der Waals surface area contributed by atoms with Crippen LogP contribution in [0.5, 0.6) is 5.88 Å². The Kier molecular flexibility index (Phi) is 8.68. The fraction of sp³-hybridized carbons (Fsp3) is 0.514. The Morgan fingerprint density at radius 3 is 2.44 bits per heavy atom. The molecule has 0 saturated carbocycles. The van der Waals surface area contributed by atoms with E-state index in [1.54, 1.807) is 6.20 Å². The van der Waals surface area contributed by atoms with E-state index in [4.69, 9.17) is 13.9 Å². The Morgan fingerprint density at radius 2 is 1.77 bits per heavy atom. The van der Waals surface area contributed by atoms with Gasteiger partial charge in [-0.15, -0.1) is 0 Å². The van der Waals surface area contributed by atoms with Crippen molar-refractivity contribution in [3.63, 3.8) is 0 Å². The molecule has 1 unspecified atom stereocenters. The number of hydrogen-bond acceptors (Lipinski definition) is 8. The summed E-state index contributed by atoms with van der Waals surface area (Å²) in [4.78, 5) is 25.1. The molecule has 3 aliphatic heterocycles. The molecule has 0 radical (unpaired) electrons. The highest BCUT2D eigenvalue weighted by molar-refractivity contribution is 6.75. The van der Waals surface area contributed by atoms with Gasteiger partial charge >= 0.3 is 14.6 Å². The third-order valence-corrected chi connectivity index (χ3v) is 14.5. The molecule has 2 fully saturated rings. The molecule has 1 amide bonds. The van der Waals surface area contributed by atoms with Gasteiger partial charge in [-0.2, -0.15) is 0 Å². The summed E-state index contributed by atoms with van der Waals surface area (Å²) in [6.45, 7) is 18.0. The van der Waals surface area contributed by atoms with Crippen LogP contribution in [0, 0.1) is 23.4 Å². The van der Waals surface area contributed by atoms with Gasteiger partial charge in [-0.3, -0.25) is 0 Å². The van der Waals surface area contributed by atoms with E-state index in [1.807, 2.05) is 25.3 Å². The number of aromatic nitrogens is 2. The summed E-state index contributed by atoms with van der Waals surface area (Å²) in [7, 11) is -2.83. The van der Waals surface area contributed by atoms with Crippen molar-refractivity contribution < 1.29 is 31.9 Å². The van der Waals surface area contributed by atoms with Crippen LogP contribution in [0.25, 0.3) is 11.3 Å². The molecule has 1 aromatic carbocycles. The zero-order chi connectivity index (χ0) is 34.8. The molecule has 2 aromatic heterocycles. The predicted octanol–water partition coefficient (Wildman–Crippen LogP) is 7.44. The van der Waals surface area contributed by atoms with E-state index < -0.39 is 42.8 Å². The van der Waals surface area contributed by atoms with E-state index in [9.17, 15) is 18.0 Å². The van der Waals surface area contributed by atoms with Crippen molar-refractivity contribution in [1.29, 1.82) is 0 Å². The zero-order valence-electron chi connectivity index (χ0n) is 28.8. The van der Waals surface area contributed by atoms with Crippen LogP contribution < -0.4 is 15.0 Å². The van der Waals surface area contributed by atoms with E-state index in [-0.39, 0.29) is 35.7 Å². The van der Waals surface area contributed by atoms with Gasteiger partial charge in [-0.05, 0) is 56.6 Å². The first-order valence-electron chi connectivity index (χ1n) is 16.4. The highest BCUT2D eigenvalue weighted by Gasteiger charge is 2.63. The van der Waals surface area contributed by atoms with Crippen LogP contribution in [0.15, 0.2) is 36.5 Å². The Labute approximate surface area is 281 Å². The molecule has 48 heavy (non-hydrogen) atoms. The van der Waals surface area contributed by atoms with Crippen LogP contribution in [-0.2, 0) is 22.1 Å². The first kappa shape index (κ1) is 34.0. The summed E-state index contributed by atoms with van der Waals surface area (Å²) in [6.07, 6.45) is 1.83. The molecule has 13 heteroatoms. The Bertz CT molecular complexity index is 1710. The molecule has 4 atom stereocenters. The number of amides is 1. The van der Waals surface area contributed by atoms with Crippen LogP contribution in [0.4, 0.5) is 29.3 Å². The van der Waals surface area contributed by atoms with Gasteiger partial charge in [0.05, 0.1) is 54.1 Å². The van der Waals surface area contributed by atoms with Crippen LogP contribution in [0.2, 0.25) is 11.6 Å². The number of rotatable bonds is 5. The summed E-state index contributed by atoms with van der Waals surface area (Å²) in [5.74, 6) is -1.98. The second kappa shape index (κ2) is 12.2. The lowest BCUT2D eigenvalue weighted by Gasteiger charge is -2.45. The van der Waals surface area contributed by atoms with E-state index in [0.29, 0.717) is 43.4 Å². The minimum absolute atomic E-state index is 0.0707. The summed E-state index contributed by atoms with van der Waals surface area (Å²) in [5, 5.41) is 3.12. The van der Waals surface area contributed by atoms with Crippen LogP contribution >= 0.6 is 0 Å². The third-order valence-electron chi connectivity index (χ3n) is 9.57. The quantitative estimate of drug-likeness (QED) is 0.278. The van der Waals surface area contributed by atoms with Crippen molar-refractivity contribution in [1.82, 2.24) is 14.5 Å². The number of fused-ring (bicyclic) bond motifs is 2. The van der Waals surface area contributed by atoms with Crippen molar-refractivity contribution >= 4 is 25.9 Å². The SMILES string of the molecule is C[C@H]1CN(c2c(NCc3ccc(F)c(-c4c(F)cccc4F)n3)cnc3c2CCO3)C[C@@H]2[C@@H]1O[Si](C)(C(C)(C)C)N2C(=O)OC(C)(C)C. The number of piperidine rings is 1. The van der Waals surface area contributed by atoms with Gasteiger partial charge in [0, 0.05) is 31.0 Å². The third kappa shape index (κ3) is 6.10. The fourth-order valence-corrected chi connectivity index (χ4v) is 10.3. The summed E-state index contributed by atoms with van der Waals surface area (Å²) >= 11 is 0. The number of nitrogens with zero attached hydrogens (tertiary/aromatic N) is 4. The molecular weight excluding hydrogens is 639 g/mol. The lowest BCUT2D eigenvalue weighted by Crippen LogP contribution is -2.62. The number of pyridine rings is 2. The maximum absolute atomic E-state index is 14.8. The minimum Gasteiger partial charge on any atom is -0.477 e. The van der Waals surface area contributed by atoms with Gasteiger partial charge in [0.1, 0.15) is 28.7 Å². The monoisotopic (exact) mass is 683 g/mol. The maximum Gasteiger partial charge on any atom is 0.404 e. The Balaban J connectivity index is 1.34. The molecular formula is C35H44F3N5O4Si. The molecule has 6 rings (SSSR count). The van der Waals surface area contributed by atoms with Crippen LogP contribution in [0.3, 0.4) is 0 Å². The number of anilines is 2. The molecule has 9 nitrogen and oxygen atoms in total. The van der Waals surface area contributed by atoms with Gasteiger partial charge in [0.25, 0.3) is 0 Å². The largest absolute Gasteiger partial charge is 0.477 e. The van der Waals surface area contributed by atoms with Crippen molar-refractivity contribution in [3.8, 4) is 17.1 Å². The average Bonchev–Trinajstić information content (AvgIpc) is 3.58. The minimum atomic E-state index is -2.83. The second-order valence-corrected chi connectivity index (χ2v) is 19.3. The lowest BCUT2D eigenvalue weighted by atomic mass is 9.91. The molecule has 0 bridgehead atoms. The lowest BCUT2D eigenvalue weighted by molar-refractivity contribution is 0.0292. The van der Waals surface area contributed by atoms with Gasteiger partial charge in [-0.25, -0.2) is 27.9 Å². The highest BCUT2D eigenvalue weighted by Crippen LogP contribution is 2.50. The number of nitrogens with one attached hydrogen (secondary N) is 1. The molecule has 2 saturated heterocycles. The number of ether oxygens (including phenoxy) is 2. The Morgan fingerprint density at radius 1 is 1.06 bits per heavy atom. The topological polar surface area (TPSA) is 89.1 Å². The van der Waals surface area contributed by atoms with Crippen molar-refractivity contribution in [3.05, 3.63) is 65.2 Å². The number of carbonyl (C=O) groups is 1. The van der Waals surface area contributed by atoms with Crippen LogP contribution in [0.1, 0.15) is 59.7 Å². The Hall–Kier alpha value is -3.84. The predicted molar refractivity (Wildman–Crippen MR) is 180 cm³/mol. The van der Waals surface area contributed by atoms with E-state index >= 15 is 0 Å². The molecule has 1 N–H and O–H groups in total. The van der Waals surface area contributed by atoms with E-state index in [2.05, 4.69) is 54.4 Å². The van der Waals surface area contributed by atoms with E-state index in [0.717, 1.165) is 29.4 Å². The van der Waals surface area contributed by atoms with Gasteiger partial charge < -0.3 is 28.7 Å². The molecule has 0 aliphatic carbocycles. The van der Waals surface area contributed by atoms with Gasteiger partial charge in [0.2, 0.25) is 5.88 Å². The average molecular weight is 684 g/mol. The summed E-state index contributed by atoms with van der Waals surface area (Å²) in [5.41, 5.74) is 1.37. The van der Waals surface area contributed by atoms with Crippen molar-refractivity contribution in [2.45, 2.75) is 90.8 Å². The fourth-order valence-electron chi connectivity index (χ4n) is 6.92. The molecule has 3 aromatic rings. The number of carbonyl (C=O) groups excluding carboxylic acids is 1. The van der Waals surface area contributed by atoms with Gasteiger partial charge in [0.15, 0.2) is 0 Å². The number of hydrogen-bond donors (Lipinski definition) is 1. The first-order valence-corrected chi connectivity index (χ1v) is 18.8. The number of halogens is 3. The smallest absolute Gasteiger partial charge is 0.404 e. The van der Waals surface area contributed by atoms with Crippen LogP contribution in [-0.4, -0.2) is 66.5 Å². The van der Waals surface area contributed by atoms with Crippen molar-refractivity contribution in [2.24, 2.45) is 5.92 Å². The second-order valence-electron chi connectivity index (χ2n) is 15.1. The van der Waals surface area contributed by atoms with E-state index in [1.165, 1.54) is 12.1 Å². The molecule has 258 valence electrons. The molecule has 5 heterocycles. The summed E-state index contributed by atoms with van der Waals surface area (Å²) in [6, 6.07) is 5.76.